The van der Waals surface area contributed by atoms with Crippen molar-refractivity contribution < 1.29 is 9.53 Å². The Morgan fingerprint density at radius 1 is 1.39 bits per heavy atom. The molecule has 0 aliphatic rings. The molecule has 4 nitrogen and oxygen atoms in total. The summed E-state index contributed by atoms with van der Waals surface area (Å²) in [6.07, 6.45) is 0. The van der Waals surface area contributed by atoms with E-state index < -0.39 is 0 Å². The van der Waals surface area contributed by atoms with Crippen molar-refractivity contribution in [1.82, 2.24) is 5.32 Å². The van der Waals surface area contributed by atoms with E-state index in [1.165, 1.54) is 6.92 Å². The van der Waals surface area contributed by atoms with Gasteiger partial charge in [-0.2, -0.15) is 0 Å². The summed E-state index contributed by atoms with van der Waals surface area (Å²) in [5.41, 5.74) is 1.65. The first-order valence-corrected chi connectivity index (χ1v) is 6.00. The minimum Gasteiger partial charge on any atom is -0.487 e. The van der Waals surface area contributed by atoms with E-state index in [1.54, 1.807) is 0 Å². The Bertz CT molecular complexity index is 416. The van der Waals surface area contributed by atoms with E-state index in [4.69, 9.17) is 4.74 Å². The van der Waals surface area contributed by atoms with Gasteiger partial charge in [-0.3, -0.25) is 4.79 Å². The zero-order valence-corrected chi connectivity index (χ0v) is 11.0. The van der Waals surface area contributed by atoms with Crippen LogP contribution >= 0.6 is 0 Å². The number of ether oxygens (including phenoxy) is 1. The van der Waals surface area contributed by atoms with Gasteiger partial charge in [0.25, 0.3) is 0 Å². The zero-order chi connectivity index (χ0) is 13.4. The van der Waals surface area contributed by atoms with E-state index in [0.29, 0.717) is 18.0 Å². The first kappa shape index (κ1) is 14.3. The summed E-state index contributed by atoms with van der Waals surface area (Å²) in [6.45, 7) is 9.51. The summed E-state index contributed by atoms with van der Waals surface area (Å²) in [5.74, 6) is 0.544. The lowest BCUT2D eigenvalue weighted by molar-refractivity contribution is -0.114. The molecule has 0 saturated heterocycles. The number of amides is 1. The van der Waals surface area contributed by atoms with Crippen molar-refractivity contribution in [2.45, 2.75) is 13.8 Å². The number of hydrogen-bond acceptors (Lipinski definition) is 3. The van der Waals surface area contributed by atoms with E-state index in [-0.39, 0.29) is 5.91 Å². The lowest BCUT2D eigenvalue weighted by Crippen LogP contribution is -2.19. The van der Waals surface area contributed by atoms with Crippen LogP contribution in [-0.2, 0) is 4.79 Å². The largest absolute Gasteiger partial charge is 0.487 e. The molecule has 1 aromatic carbocycles. The van der Waals surface area contributed by atoms with Crippen molar-refractivity contribution in [2.75, 3.05) is 25.0 Å². The number of hydrogen-bond donors (Lipinski definition) is 2. The Morgan fingerprint density at radius 2 is 2.11 bits per heavy atom. The van der Waals surface area contributed by atoms with Crippen LogP contribution in [0.4, 0.5) is 5.69 Å². The van der Waals surface area contributed by atoms with Crippen LogP contribution in [0.2, 0.25) is 0 Å². The van der Waals surface area contributed by atoms with Crippen LogP contribution in [0.25, 0.3) is 0 Å². The third kappa shape index (κ3) is 5.01. The monoisotopic (exact) mass is 248 g/mol. The molecule has 18 heavy (non-hydrogen) atoms. The fourth-order valence-electron chi connectivity index (χ4n) is 1.42. The maximum Gasteiger partial charge on any atom is 0.221 e. The summed E-state index contributed by atoms with van der Waals surface area (Å²) in [4.78, 5) is 11.1. The van der Waals surface area contributed by atoms with Crippen LogP contribution in [0.1, 0.15) is 13.8 Å². The molecule has 0 spiro atoms. The summed E-state index contributed by atoms with van der Waals surface area (Å²) in [5, 5.41) is 5.91. The van der Waals surface area contributed by atoms with Crippen molar-refractivity contribution in [2.24, 2.45) is 0 Å². The van der Waals surface area contributed by atoms with Crippen LogP contribution in [0.15, 0.2) is 36.4 Å². The van der Waals surface area contributed by atoms with Gasteiger partial charge in [-0.25, -0.2) is 0 Å². The minimum absolute atomic E-state index is 0.113. The molecule has 2 N–H and O–H groups in total. The minimum atomic E-state index is -0.113. The summed E-state index contributed by atoms with van der Waals surface area (Å²) < 4.78 is 5.64. The van der Waals surface area contributed by atoms with Crippen LogP contribution in [0.5, 0.6) is 5.75 Å². The third-order valence-corrected chi connectivity index (χ3v) is 2.25. The molecule has 0 aliphatic carbocycles. The lowest BCUT2D eigenvalue weighted by Gasteiger charge is -2.12. The van der Waals surface area contributed by atoms with Gasteiger partial charge in [-0.1, -0.05) is 25.6 Å². The molecule has 4 heteroatoms. The standard InChI is InChI=1S/C14H20N2O2/c1-4-15-9-11(2)10-18-14-8-6-5-7-13(14)16-12(3)17/h5-8,15H,2,4,9-10H2,1,3H3,(H,16,17). The van der Waals surface area contributed by atoms with Crippen LogP contribution in [0.3, 0.4) is 0 Å². The fourth-order valence-corrected chi connectivity index (χ4v) is 1.42. The Kier molecular flexibility index (Phi) is 5.94. The van der Waals surface area contributed by atoms with Gasteiger partial charge < -0.3 is 15.4 Å². The lowest BCUT2D eigenvalue weighted by atomic mass is 10.3. The zero-order valence-electron chi connectivity index (χ0n) is 11.0. The van der Waals surface area contributed by atoms with Crippen LogP contribution in [0, 0.1) is 0 Å². The summed E-state index contributed by atoms with van der Waals surface area (Å²) in [7, 11) is 0. The van der Waals surface area contributed by atoms with E-state index >= 15 is 0 Å². The molecule has 0 fully saturated rings. The number of carbonyl (C=O) groups excluding carboxylic acids is 1. The van der Waals surface area contributed by atoms with E-state index in [0.717, 1.165) is 18.7 Å². The summed E-state index contributed by atoms with van der Waals surface area (Å²) >= 11 is 0. The molecule has 0 unspecified atom stereocenters. The molecule has 0 radical (unpaired) electrons. The van der Waals surface area contributed by atoms with Crippen molar-refractivity contribution in [3.63, 3.8) is 0 Å². The van der Waals surface area contributed by atoms with Crippen LogP contribution < -0.4 is 15.4 Å². The first-order valence-electron chi connectivity index (χ1n) is 6.00. The van der Waals surface area contributed by atoms with Crippen LogP contribution in [-0.4, -0.2) is 25.6 Å². The highest BCUT2D eigenvalue weighted by Crippen LogP contribution is 2.23. The van der Waals surface area contributed by atoms with E-state index in [2.05, 4.69) is 17.2 Å². The number of para-hydroxylation sites is 2. The Labute approximate surface area is 108 Å². The number of carbonyl (C=O) groups is 1. The number of rotatable bonds is 7. The highest BCUT2D eigenvalue weighted by atomic mass is 16.5. The molecule has 0 heterocycles. The number of anilines is 1. The Balaban J connectivity index is 2.55. The maximum absolute atomic E-state index is 11.1. The highest BCUT2D eigenvalue weighted by molar-refractivity contribution is 5.90. The smallest absolute Gasteiger partial charge is 0.221 e. The second kappa shape index (κ2) is 7.50. The fraction of sp³-hybridized carbons (Fsp3) is 0.357. The molecule has 0 aromatic heterocycles. The number of nitrogens with one attached hydrogen (secondary N) is 2. The topological polar surface area (TPSA) is 50.4 Å². The van der Waals surface area contributed by atoms with Gasteiger partial charge in [0.1, 0.15) is 12.4 Å². The van der Waals surface area contributed by atoms with Gasteiger partial charge in [-0.15, -0.1) is 0 Å². The molecule has 0 bridgehead atoms. The van der Waals surface area contributed by atoms with E-state index in [9.17, 15) is 4.79 Å². The van der Waals surface area contributed by atoms with Gasteiger partial charge in [0.05, 0.1) is 5.69 Å². The maximum atomic E-state index is 11.1. The Morgan fingerprint density at radius 3 is 2.78 bits per heavy atom. The van der Waals surface area contributed by atoms with Gasteiger partial charge in [-0.05, 0) is 24.3 Å². The molecule has 1 aromatic rings. The molecular formula is C14H20N2O2. The van der Waals surface area contributed by atoms with Gasteiger partial charge in [0.15, 0.2) is 0 Å². The van der Waals surface area contributed by atoms with Gasteiger partial charge in [0, 0.05) is 13.5 Å². The molecule has 1 rings (SSSR count). The quantitative estimate of drug-likeness (QED) is 0.727. The van der Waals surface area contributed by atoms with E-state index in [1.807, 2.05) is 31.2 Å². The van der Waals surface area contributed by atoms with Crippen molar-refractivity contribution in [1.29, 1.82) is 0 Å². The molecule has 0 atom stereocenters. The second-order valence-electron chi connectivity index (χ2n) is 4.00. The number of benzene rings is 1. The van der Waals surface area contributed by atoms with Crippen molar-refractivity contribution in [3.8, 4) is 5.75 Å². The molecule has 0 aliphatic heterocycles. The molecule has 98 valence electrons. The molecule has 0 saturated carbocycles. The second-order valence-corrected chi connectivity index (χ2v) is 4.00. The average molecular weight is 248 g/mol. The number of likely N-dealkylation sites (N-methyl/N-ethyl adjacent to an activating group) is 1. The SMILES string of the molecule is C=C(CNCC)COc1ccccc1NC(C)=O. The molecule has 1 amide bonds. The molecular weight excluding hydrogens is 228 g/mol. The highest BCUT2D eigenvalue weighted by Gasteiger charge is 2.04. The predicted molar refractivity (Wildman–Crippen MR) is 73.9 cm³/mol. The third-order valence-electron chi connectivity index (χ3n) is 2.25. The Hall–Kier alpha value is -1.81. The van der Waals surface area contributed by atoms with Crippen molar-refractivity contribution in [3.05, 3.63) is 36.4 Å². The average Bonchev–Trinajstić information content (AvgIpc) is 2.34. The van der Waals surface area contributed by atoms with Gasteiger partial charge >= 0.3 is 0 Å². The normalized spacial score (nSPS) is 9.89. The summed E-state index contributed by atoms with van der Waals surface area (Å²) in [6, 6.07) is 7.36. The van der Waals surface area contributed by atoms with Crippen molar-refractivity contribution >= 4 is 11.6 Å². The van der Waals surface area contributed by atoms with Gasteiger partial charge in [0.2, 0.25) is 5.91 Å². The predicted octanol–water partition coefficient (Wildman–Crippen LogP) is 2.19. The first-order chi connectivity index (χ1) is 8.63.